The first-order valence-electron chi connectivity index (χ1n) is 8.11. The third-order valence-electron chi connectivity index (χ3n) is 3.60. The molecule has 0 bridgehead atoms. The van der Waals surface area contributed by atoms with Gasteiger partial charge < -0.3 is 10.0 Å². The van der Waals surface area contributed by atoms with Crippen LogP contribution in [0, 0.1) is 0 Å². The first-order chi connectivity index (χ1) is 10.5. The van der Waals surface area contributed by atoms with E-state index in [2.05, 4.69) is 0 Å². The molecule has 0 aromatic heterocycles. The van der Waals surface area contributed by atoms with Gasteiger partial charge in [0.1, 0.15) is 0 Å². The molecule has 0 unspecified atom stereocenters. The highest BCUT2D eigenvalue weighted by atomic mass is 16.4. The summed E-state index contributed by atoms with van der Waals surface area (Å²) in [5, 5.41) is 8.56. The maximum atomic E-state index is 12.4. The van der Waals surface area contributed by atoms with Crippen LogP contribution in [0.3, 0.4) is 0 Å². The van der Waals surface area contributed by atoms with E-state index in [-0.39, 0.29) is 18.4 Å². The number of unbranched alkanes of at least 4 members (excludes halogenated alkanes) is 4. The number of nitrogens with zero attached hydrogens (tertiary/aromatic N) is 1. The predicted molar refractivity (Wildman–Crippen MR) is 89.0 cm³/mol. The van der Waals surface area contributed by atoms with E-state index in [9.17, 15) is 9.59 Å². The minimum Gasteiger partial charge on any atom is -0.481 e. The molecule has 0 aliphatic carbocycles. The molecule has 0 saturated heterocycles. The molecule has 1 rings (SSSR count). The summed E-state index contributed by atoms with van der Waals surface area (Å²) in [5.74, 6) is -0.572. The lowest BCUT2D eigenvalue weighted by molar-refractivity contribution is -0.137. The fraction of sp³-hybridized carbons (Fsp3) is 0.556. The summed E-state index contributed by atoms with van der Waals surface area (Å²) in [6.07, 6.45) is 5.28. The highest BCUT2D eigenvalue weighted by molar-refractivity contribution is 5.93. The Labute approximate surface area is 133 Å². The van der Waals surface area contributed by atoms with E-state index in [1.165, 1.54) is 0 Å². The quantitative estimate of drug-likeness (QED) is 0.658. The van der Waals surface area contributed by atoms with Crippen LogP contribution in [0.5, 0.6) is 0 Å². The van der Waals surface area contributed by atoms with Gasteiger partial charge in [0.15, 0.2) is 0 Å². The third-order valence-corrected chi connectivity index (χ3v) is 3.60. The summed E-state index contributed by atoms with van der Waals surface area (Å²) in [5.41, 5.74) is 0.948. The van der Waals surface area contributed by atoms with E-state index in [1.807, 2.05) is 49.1 Å². The maximum Gasteiger partial charge on any atom is 0.303 e. The van der Waals surface area contributed by atoms with Gasteiger partial charge in [-0.05, 0) is 38.8 Å². The van der Waals surface area contributed by atoms with Gasteiger partial charge >= 0.3 is 5.97 Å². The summed E-state index contributed by atoms with van der Waals surface area (Å²) in [4.78, 5) is 24.7. The molecular weight excluding hydrogens is 278 g/mol. The molecule has 0 atom stereocenters. The molecule has 1 aromatic carbocycles. The van der Waals surface area contributed by atoms with Gasteiger partial charge in [0, 0.05) is 24.6 Å². The fourth-order valence-electron chi connectivity index (χ4n) is 2.52. The van der Waals surface area contributed by atoms with Gasteiger partial charge in [-0.2, -0.15) is 0 Å². The largest absolute Gasteiger partial charge is 0.481 e. The van der Waals surface area contributed by atoms with Crippen molar-refractivity contribution in [1.82, 2.24) is 0 Å². The van der Waals surface area contributed by atoms with Crippen molar-refractivity contribution in [2.45, 2.75) is 64.8 Å². The summed E-state index contributed by atoms with van der Waals surface area (Å²) >= 11 is 0. The Morgan fingerprint density at radius 2 is 1.50 bits per heavy atom. The number of aliphatic carboxylic acids is 1. The first-order valence-corrected chi connectivity index (χ1v) is 8.11. The van der Waals surface area contributed by atoms with Crippen molar-refractivity contribution >= 4 is 17.6 Å². The second-order valence-electron chi connectivity index (χ2n) is 5.85. The van der Waals surface area contributed by atoms with Gasteiger partial charge in [-0.1, -0.05) is 37.5 Å². The molecule has 22 heavy (non-hydrogen) atoms. The molecule has 0 fully saturated rings. The summed E-state index contributed by atoms with van der Waals surface area (Å²) < 4.78 is 0. The zero-order valence-corrected chi connectivity index (χ0v) is 13.6. The summed E-state index contributed by atoms with van der Waals surface area (Å²) in [7, 11) is 0. The predicted octanol–water partition coefficient (Wildman–Crippen LogP) is 4.24. The molecule has 1 aromatic rings. The molecular formula is C18H27NO3. The number of carboxylic acids is 1. The van der Waals surface area contributed by atoms with E-state index >= 15 is 0 Å². The van der Waals surface area contributed by atoms with E-state index in [1.54, 1.807) is 0 Å². The van der Waals surface area contributed by atoms with Crippen LogP contribution in [-0.2, 0) is 9.59 Å². The number of amides is 1. The van der Waals surface area contributed by atoms with Crippen LogP contribution >= 0.6 is 0 Å². The maximum absolute atomic E-state index is 12.4. The Balaban J connectivity index is 2.32. The Hall–Kier alpha value is -1.84. The topological polar surface area (TPSA) is 57.6 Å². The first kappa shape index (κ1) is 18.2. The lowest BCUT2D eigenvalue weighted by Gasteiger charge is -2.27. The van der Waals surface area contributed by atoms with Gasteiger partial charge in [0.2, 0.25) is 5.91 Å². The molecule has 0 radical (unpaired) electrons. The number of anilines is 1. The molecule has 0 saturated carbocycles. The van der Waals surface area contributed by atoms with Crippen molar-refractivity contribution < 1.29 is 14.7 Å². The molecule has 0 heterocycles. The number of hydrogen-bond acceptors (Lipinski definition) is 2. The fourth-order valence-corrected chi connectivity index (χ4v) is 2.52. The number of para-hydroxylation sites is 1. The SMILES string of the molecule is CC(C)N(C(=O)CCCCCCCC(=O)O)c1ccccc1. The van der Waals surface area contributed by atoms with E-state index < -0.39 is 5.97 Å². The molecule has 4 nitrogen and oxygen atoms in total. The van der Waals surface area contributed by atoms with Crippen molar-refractivity contribution in [3.8, 4) is 0 Å². The summed E-state index contributed by atoms with van der Waals surface area (Å²) in [6.45, 7) is 4.05. The van der Waals surface area contributed by atoms with Crippen LogP contribution in [0.2, 0.25) is 0 Å². The van der Waals surface area contributed by atoms with Crippen molar-refractivity contribution in [2.75, 3.05) is 4.90 Å². The standard InChI is InChI=1S/C18H27NO3/c1-15(2)19(16-11-7-6-8-12-16)17(20)13-9-4-3-5-10-14-18(21)22/h6-8,11-12,15H,3-5,9-10,13-14H2,1-2H3,(H,21,22). The number of benzene rings is 1. The van der Waals surface area contributed by atoms with Crippen LogP contribution in [0.1, 0.15) is 58.8 Å². The van der Waals surface area contributed by atoms with E-state index in [0.717, 1.165) is 37.8 Å². The van der Waals surface area contributed by atoms with Gasteiger partial charge in [-0.15, -0.1) is 0 Å². The number of carboxylic acid groups (broad SMARTS) is 1. The molecule has 0 aliphatic rings. The van der Waals surface area contributed by atoms with Gasteiger partial charge in [-0.25, -0.2) is 0 Å². The lowest BCUT2D eigenvalue weighted by atomic mass is 10.1. The Morgan fingerprint density at radius 1 is 0.955 bits per heavy atom. The molecule has 4 heteroatoms. The minimum absolute atomic E-state index is 0.144. The average molecular weight is 305 g/mol. The monoisotopic (exact) mass is 305 g/mol. The number of rotatable bonds is 10. The normalized spacial score (nSPS) is 10.7. The van der Waals surface area contributed by atoms with Crippen molar-refractivity contribution in [2.24, 2.45) is 0 Å². The Bertz CT molecular complexity index is 457. The molecule has 1 N–H and O–H groups in total. The van der Waals surface area contributed by atoms with Crippen LogP contribution < -0.4 is 4.90 Å². The van der Waals surface area contributed by atoms with Crippen LogP contribution in [0.25, 0.3) is 0 Å². The third kappa shape index (κ3) is 6.74. The number of carbonyl (C=O) groups excluding carboxylic acids is 1. The zero-order valence-electron chi connectivity index (χ0n) is 13.6. The van der Waals surface area contributed by atoms with Gasteiger partial charge in [-0.3, -0.25) is 9.59 Å². The number of carbonyl (C=O) groups is 2. The molecule has 0 aliphatic heterocycles. The number of hydrogen-bond donors (Lipinski definition) is 1. The lowest BCUT2D eigenvalue weighted by Crippen LogP contribution is -2.36. The van der Waals surface area contributed by atoms with Gasteiger partial charge in [0.05, 0.1) is 0 Å². The van der Waals surface area contributed by atoms with Gasteiger partial charge in [0.25, 0.3) is 0 Å². The highest BCUT2D eigenvalue weighted by Crippen LogP contribution is 2.19. The van der Waals surface area contributed by atoms with Crippen molar-refractivity contribution in [3.63, 3.8) is 0 Å². The van der Waals surface area contributed by atoms with Crippen LogP contribution in [0.4, 0.5) is 5.69 Å². The Kier molecular flexibility index (Phi) is 8.26. The smallest absolute Gasteiger partial charge is 0.303 e. The molecule has 122 valence electrons. The summed E-state index contributed by atoms with van der Waals surface area (Å²) in [6, 6.07) is 9.91. The van der Waals surface area contributed by atoms with Crippen molar-refractivity contribution in [1.29, 1.82) is 0 Å². The molecule has 1 amide bonds. The Morgan fingerprint density at radius 3 is 2.05 bits per heavy atom. The zero-order chi connectivity index (χ0) is 16.4. The molecule has 0 spiro atoms. The second-order valence-corrected chi connectivity index (χ2v) is 5.85. The minimum atomic E-state index is -0.731. The second kappa shape index (κ2) is 9.98. The average Bonchev–Trinajstić information content (AvgIpc) is 2.47. The highest BCUT2D eigenvalue weighted by Gasteiger charge is 2.17. The van der Waals surface area contributed by atoms with Crippen LogP contribution in [-0.4, -0.2) is 23.0 Å². The van der Waals surface area contributed by atoms with E-state index in [4.69, 9.17) is 5.11 Å². The van der Waals surface area contributed by atoms with Crippen molar-refractivity contribution in [3.05, 3.63) is 30.3 Å². The van der Waals surface area contributed by atoms with E-state index in [0.29, 0.717) is 6.42 Å². The van der Waals surface area contributed by atoms with Crippen LogP contribution in [0.15, 0.2) is 30.3 Å².